The van der Waals surface area contributed by atoms with E-state index in [1.807, 2.05) is 18.2 Å². The van der Waals surface area contributed by atoms with Crippen molar-refractivity contribution in [3.8, 4) is 11.5 Å². The van der Waals surface area contributed by atoms with E-state index in [0.717, 1.165) is 18.4 Å². The zero-order valence-electron chi connectivity index (χ0n) is 16.2. The number of ether oxygens (including phenoxy) is 2. The molecule has 26 heavy (non-hydrogen) atoms. The van der Waals surface area contributed by atoms with Crippen LogP contribution in [-0.2, 0) is 16.1 Å². The Morgan fingerprint density at radius 3 is 2.35 bits per heavy atom. The average Bonchev–Trinajstić information content (AvgIpc) is 2.66. The van der Waals surface area contributed by atoms with Crippen molar-refractivity contribution < 1.29 is 19.1 Å². The van der Waals surface area contributed by atoms with E-state index in [2.05, 4.69) is 17.8 Å². The van der Waals surface area contributed by atoms with Gasteiger partial charge in [-0.1, -0.05) is 38.7 Å². The van der Waals surface area contributed by atoms with E-state index < -0.39 is 0 Å². The van der Waals surface area contributed by atoms with Gasteiger partial charge < -0.3 is 9.47 Å². The summed E-state index contributed by atoms with van der Waals surface area (Å²) in [4.78, 5) is 23.6. The first-order valence-corrected chi connectivity index (χ1v) is 9.35. The van der Waals surface area contributed by atoms with E-state index >= 15 is 0 Å². The van der Waals surface area contributed by atoms with Gasteiger partial charge in [0.1, 0.15) is 5.78 Å². The van der Waals surface area contributed by atoms with E-state index in [4.69, 9.17) is 9.47 Å². The number of Topliss-reactive ketones (excluding diaryl/α,β-unsaturated/α-hetero) is 1. The minimum absolute atomic E-state index is 0.163. The van der Waals surface area contributed by atoms with Crippen LogP contribution in [0.1, 0.15) is 63.9 Å². The summed E-state index contributed by atoms with van der Waals surface area (Å²) in [5.74, 6) is 1.29. The van der Waals surface area contributed by atoms with Gasteiger partial charge in [-0.25, -0.2) is 5.43 Å². The smallest absolute Gasteiger partial charge is 0.234 e. The summed E-state index contributed by atoms with van der Waals surface area (Å²) in [5, 5.41) is 0. The van der Waals surface area contributed by atoms with Crippen LogP contribution in [0.4, 0.5) is 0 Å². The normalized spacial score (nSPS) is 10.4. The van der Waals surface area contributed by atoms with Gasteiger partial charge in [0, 0.05) is 25.8 Å². The first-order chi connectivity index (χ1) is 12.6. The summed E-state index contributed by atoms with van der Waals surface area (Å²) >= 11 is 0. The van der Waals surface area contributed by atoms with Crippen molar-refractivity contribution in [2.45, 2.75) is 64.8 Å². The van der Waals surface area contributed by atoms with E-state index in [9.17, 15) is 9.59 Å². The van der Waals surface area contributed by atoms with Gasteiger partial charge in [-0.2, -0.15) is 0 Å². The molecule has 0 aromatic heterocycles. The van der Waals surface area contributed by atoms with Gasteiger partial charge in [-0.15, -0.1) is 0 Å². The number of nitrogens with one attached hydrogen (secondary N) is 2. The number of ketones is 1. The number of unbranched alkanes of at least 4 members (excludes halogenated alkanes) is 4. The Balaban J connectivity index is 2.19. The molecule has 0 saturated heterocycles. The lowest BCUT2D eigenvalue weighted by Gasteiger charge is -2.11. The molecule has 146 valence electrons. The van der Waals surface area contributed by atoms with Crippen molar-refractivity contribution in [3.63, 3.8) is 0 Å². The highest BCUT2D eigenvalue weighted by atomic mass is 16.5. The number of hydrogen-bond donors (Lipinski definition) is 2. The summed E-state index contributed by atoms with van der Waals surface area (Å²) in [6.45, 7) is 2.63. The number of hydrazine groups is 1. The van der Waals surface area contributed by atoms with Gasteiger partial charge in [0.15, 0.2) is 11.5 Å². The molecule has 2 N–H and O–H groups in total. The molecule has 0 aliphatic rings. The molecule has 0 aliphatic heterocycles. The molecule has 0 heterocycles. The molecule has 0 fully saturated rings. The Morgan fingerprint density at radius 1 is 0.923 bits per heavy atom. The summed E-state index contributed by atoms with van der Waals surface area (Å²) in [6, 6.07) is 5.56. The number of rotatable bonds is 14. The second-order valence-corrected chi connectivity index (χ2v) is 6.29. The Kier molecular flexibility index (Phi) is 11.1. The zero-order chi connectivity index (χ0) is 19.2. The highest BCUT2D eigenvalue weighted by Crippen LogP contribution is 2.27. The van der Waals surface area contributed by atoms with Crippen molar-refractivity contribution in [2.75, 3.05) is 14.2 Å². The molecule has 0 saturated carbocycles. The van der Waals surface area contributed by atoms with E-state index in [1.165, 1.54) is 19.3 Å². The molecule has 0 aliphatic carbocycles. The van der Waals surface area contributed by atoms with Gasteiger partial charge in [0.2, 0.25) is 5.91 Å². The minimum atomic E-state index is -0.176. The first-order valence-electron chi connectivity index (χ1n) is 9.35. The predicted octanol–water partition coefficient (Wildman–Crippen LogP) is 3.53. The van der Waals surface area contributed by atoms with E-state index in [-0.39, 0.29) is 18.1 Å². The fraction of sp³-hybridized carbons (Fsp3) is 0.600. The number of carbonyl (C=O) groups is 2. The maximum absolute atomic E-state index is 11.8. The van der Waals surface area contributed by atoms with Crippen molar-refractivity contribution >= 4 is 11.7 Å². The predicted molar refractivity (Wildman–Crippen MR) is 102 cm³/mol. The topological polar surface area (TPSA) is 76.7 Å². The lowest BCUT2D eigenvalue weighted by molar-refractivity contribution is -0.126. The third-order valence-corrected chi connectivity index (χ3v) is 4.16. The molecule has 6 heteroatoms. The highest BCUT2D eigenvalue weighted by molar-refractivity contribution is 5.84. The molecular formula is C20H32N2O4. The fourth-order valence-electron chi connectivity index (χ4n) is 2.60. The maximum Gasteiger partial charge on any atom is 0.234 e. The Labute approximate surface area is 156 Å². The van der Waals surface area contributed by atoms with Gasteiger partial charge in [0.05, 0.1) is 14.2 Å². The molecule has 0 radical (unpaired) electrons. The highest BCUT2D eigenvalue weighted by Gasteiger charge is 2.08. The van der Waals surface area contributed by atoms with Gasteiger partial charge in [-0.3, -0.25) is 15.0 Å². The summed E-state index contributed by atoms with van der Waals surface area (Å²) in [5.41, 5.74) is 6.45. The molecule has 1 aromatic carbocycles. The van der Waals surface area contributed by atoms with Crippen LogP contribution in [0.2, 0.25) is 0 Å². The van der Waals surface area contributed by atoms with Crippen LogP contribution in [0.25, 0.3) is 0 Å². The van der Waals surface area contributed by atoms with Crippen LogP contribution in [-0.4, -0.2) is 25.9 Å². The van der Waals surface area contributed by atoms with Crippen molar-refractivity contribution in [3.05, 3.63) is 23.8 Å². The summed E-state index contributed by atoms with van der Waals surface area (Å²) in [7, 11) is 3.17. The fourth-order valence-corrected chi connectivity index (χ4v) is 2.60. The number of benzene rings is 1. The molecule has 0 unspecified atom stereocenters. The monoisotopic (exact) mass is 364 g/mol. The van der Waals surface area contributed by atoms with Gasteiger partial charge in [0.25, 0.3) is 0 Å². The van der Waals surface area contributed by atoms with Crippen LogP contribution in [0, 0.1) is 0 Å². The van der Waals surface area contributed by atoms with Crippen molar-refractivity contribution in [2.24, 2.45) is 0 Å². The second kappa shape index (κ2) is 13.2. The van der Waals surface area contributed by atoms with Crippen LogP contribution < -0.4 is 20.3 Å². The van der Waals surface area contributed by atoms with Crippen LogP contribution >= 0.6 is 0 Å². The molecule has 1 aromatic rings. The van der Waals surface area contributed by atoms with Crippen molar-refractivity contribution in [1.82, 2.24) is 10.9 Å². The quantitative estimate of drug-likeness (QED) is 0.390. The number of amides is 1. The van der Waals surface area contributed by atoms with Gasteiger partial charge in [-0.05, 0) is 24.1 Å². The molecule has 6 nitrogen and oxygen atoms in total. The standard InChI is InChI=1S/C20H32N2O4/c1-4-5-6-7-8-9-17(23)11-13-20(24)22-21-15-16-10-12-18(25-2)19(14-16)26-3/h10,12,14,21H,4-9,11,13,15H2,1-3H3,(H,22,24). The largest absolute Gasteiger partial charge is 0.493 e. The van der Waals surface area contributed by atoms with Crippen molar-refractivity contribution in [1.29, 1.82) is 0 Å². The lowest BCUT2D eigenvalue weighted by Crippen LogP contribution is -2.36. The number of hydrogen-bond acceptors (Lipinski definition) is 5. The maximum atomic E-state index is 11.8. The van der Waals surface area contributed by atoms with E-state index in [0.29, 0.717) is 30.9 Å². The summed E-state index contributed by atoms with van der Waals surface area (Å²) in [6.07, 6.45) is 6.73. The van der Waals surface area contributed by atoms with E-state index in [1.54, 1.807) is 14.2 Å². The average molecular weight is 364 g/mol. The minimum Gasteiger partial charge on any atom is -0.493 e. The van der Waals surface area contributed by atoms with Crippen LogP contribution in [0.15, 0.2) is 18.2 Å². The Hall–Kier alpha value is -2.08. The van der Waals surface area contributed by atoms with Crippen LogP contribution in [0.3, 0.4) is 0 Å². The molecule has 1 amide bonds. The SMILES string of the molecule is CCCCCCCC(=O)CCC(=O)NNCc1ccc(OC)c(OC)c1. The van der Waals surface area contributed by atoms with Gasteiger partial charge >= 0.3 is 0 Å². The molecule has 0 spiro atoms. The third-order valence-electron chi connectivity index (χ3n) is 4.16. The number of methoxy groups -OCH3 is 2. The Morgan fingerprint density at radius 2 is 1.65 bits per heavy atom. The third kappa shape index (κ3) is 8.85. The molecule has 0 atom stereocenters. The second-order valence-electron chi connectivity index (χ2n) is 6.29. The molecular weight excluding hydrogens is 332 g/mol. The zero-order valence-corrected chi connectivity index (χ0v) is 16.2. The first kappa shape index (κ1) is 22.0. The lowest BCUT2D eigenvalue weighted by atomic mass is 10.1. The summed E-state index contributed by atoms with van der Waals surface area (Å²) < 4.78 is 10.4. The number of carbonyl (C=O) groups excluding carboxylic acids is 2. The Bertz CT molecular complexity index is 561. The molecule has 0 bridgehead atoms. The van der Waals surface area contributed by atoms with Crippen LogP contribution in [0.5, 0.6) is 11.5 Å². The molecule has 1 rings (SSSR count).